The van der Waals surface area contributed by atoms with Crippen LogP contribution < -0.4 is 5.32 Å². The standard InChI is InChI=1S/C12H19NO/c1-3-11(9-14)8-13-12-6-4-5-10(2)7-12/h4-7,11,13-14H,3,8-9H2,1-2H3. The zero-order chi connectivity index (χ0) is 10.4. The summed E-state index contributed by atoms with van der Waals surface area (Å²) in [5.41, 5.74) is 2.39. The van der Waals surface area contributed by atoms with Crippen molar-refractivity contribution < 1.29 is 5.11 Å². The topological polar surface area (TPSA) is 32.3 Å². The lowest BCUT2D eigenvalue weighted by atomic mass is 10.1. The average Bonchev–Trinajstić information content (AvgIpc) is 2.19. The second-order valence-corrected chi connectivity index (χ2v) is 3.71. The molecule has 1 aromatic carbocycles. The number of aryl methyl sites for hydroxylation is 1. The summed E-state index contributed by atoms with van der Waals surface area (Å²) in [6, 6.07) is 8.28. The molecule has 0 amide bonds. The zero-order valence-electron chi connectivity index (χ0n) is 8.96. The number of hydrogen-bond acceptors (Lipinski definition) is 2. The molecule has 0 saturated carbocycles. The van der Waals surface area contributed by atoms with E-state index in [2.05, 4.69) is 37.4 Å². The molecule has 0 spiro atoms. The summed E-state index contributed by atoms with van der Waals surface area (Å²) in [4.78, 5) is 0. The first-order valence-electron chi connectivity index (χ1n) is 5.17. The summed E-state index contributed by atoms with van der Waals surface area (Å²) in [5.74, 6) is 0.357. The maximum atomic E-state index is 9.02. The van der Waals surface area contributed by atoms with Crippen LogP contribution in [0, 0.1) is 12.8 Å². The van der Waals surface area contributed by atoms with Gasteiger partial charge in [-0.05, 0) is 37.0 Å². The van der Waals surface area contributed by atoms with Gasteiger partial charge in [-0.2, -0.15) is 0 Å². The highest BCUT2D eigenvalue weighted by atomic mass is 16.3. The Morgan fingerprint density at radius 3 is 2.79 bits per heavy atom. The quantitative estimate of drug-likeness (QED) is 0.752. The van der Waals surface area contributed by atoms with Crippen molar-refractivity contribution in [3.8, 4) is 0 Å². The van der Waals surface area contributed by atoms with Crippen molar-refractivity contribution in [1.29, 1.82) is 0 Å². The first kappa shape index (κ1) is 11.1. The van der Waals surface area contributed by atoms with Crippen LogP contribution in [-0.2, 0) is 0 Å². The van der Waals surface area contributed by atoms with E-state index in [9.17, 15) is 0 Å². The minimum Gasteiger partial charge on any atom is -0.396 e. The first-order valence-corrected chi connectivity index (χ1v) is 5.17. The SMILES string of the molecule is CCC(CO)CNc1cccc(C)c1. The van der Waals surface area contributed by atoms with Crippen LogP contribution in [0.1, 0.15) is 18.9 Å². The van der Waals surface area contributed by atoms with Gasteiger partial charge >= 0.3 is 0 Å². The van der Waals surface area contributed by atoms with Gasteiger partial charge in [-0.15, -0.1) is 0 Å². The summed E-state index contributed by atoms with van der Waals surface area (Å²) in [5, 5.41) is 12.3. The Labute approximate surface area is 86.0 Å². The van der Waals surface area contributed by atoms with Crippen molar-refractivity contribution in [2.75, 3.05) is 18.5 Å². The smallest absolute Gasteiger partial charge is 0.0475 e. The normalized spacial score (nSPS) is 12.5. The van der Waals surface area contributed by atoms with E-state index in [1.165, 1.54) is 5.56 Å². The molecule has 0 aliphatic carbocycles. The second-order valence-electron chi connectivity index (χ2n) is 3.71. The molecule has 1 unspecified atom stereocenters. The monoisotopic (exact) mass is 193 g/mol. The van der Waals surface area contributed by atoms with Crippen LogP contribution in [0.15, 0.2) is 24.3 Å². The van der Waals surface area contributed by atoms with E-state index < -0.39 is 0 Å². The van der Waals surface area contributed by atoms with Gasteiger partial charge in [0.1, 0.15) is 0 Å². The molecule has 2 nitrogen and oxygen atoms in total. The van der Waals surface area contributed by atoms with Gasteiger partial charge in [0.15, 0.2) is 0 Å². The Morgan fingerprint density at radius 2 is 2.21 bits per heavy atom. The van der Waals surface area contributed by atoms with Crippen molar-refractivity contribution in [1.82, 2.24) is 0 Å². The molecule has 0 radical (unpaired) electrons. The third kappa shape index (κ3) is 3.38. The Hall–Kier alpha value is -1.02. The van der Waals surface area contributed by atoms with E-state index in [1.807, 2.05) is 6.07 Å². The number of rotatable bonds is 5. The minimum absolute atomic E-state index is 0.259. The molecule has 0 fully saturated rings. The third-order valence-electron chi connectivity index (χ3n) is 2.45. The highest BCUT2D eigenvalue weighted by molar-refractivity contribution is 5.45. The average molecular weight is 193 g/mol. The van der Waals surface area contributed by atoms with E-state index in [0.717, 1.165) is 18.7 Å². The maximum Gasteiger partial charge on any atom is 0.0475 e. The van der Waals surface area contributed by atoms with E-state index in [0.29, 0.717) is 5.92 Å². The van der Waals surface area contributed by atoms with Gasteiger partial charge in [0.2, 0.25) is 0 Å². The zero-order valence-corrected chi connectivity index (χ0v) is 8.96. The molecule has 2 heteroatoms. The van der Waals surface area contributed by atoms with Crippen molar-refractivity contribution in [2.45, 2.75) is 20.3 Å². The minimum atomic E-state index is 0.259. The van der Waals surface area contributed by atoms with Gasteiger partial charge in [-0.3, -0.25) is 0 Å². The number of nitrogens with one attached hydrogen (secondary N) is 1. The molecule has 78 valence electrons. The largest absolute Gasteiger partial charge is 0.396 e. The predicted octanol–water partition coefficient (Wildman–Crippen LogP) is 2.43. The van der Waals surface area contributed by atoms with Crippen LogP contribution in [0.4, 0.5) is 5.69 Å². The van der Waals surface area contributed by atoms with Gasteiger partial charge in [0, 0.05) is 18.8 Å². The fraction of sp³-hybridized carbons (Fsp3) is 0.500. The van der Waals surface area contributed by atoms with E-state index in [4.69, 9.17) is 5.11 Å². The maximum absolute atomic E-state index is 9.02. The molecular formula is C12H19NO. The molecule has 0 aliphatic heterocycles. The molecule has 0 saturated heterocycles. The van der Waals surface area contributed by atoms with Crippen LogP contribution in [0.3, 0.4) is 0 Å². The van der Waals surface area contributed by atoms with Crippen LogP contribution in [-0.4, -0.2) is 18.3 Å². The van der Waals surface area contributed by atoms with Gasteiger partial charge in [-0.25, -0.2) is 0 Å². The summed E-state index contributed by atoms with van der Waals surface area (Å²) in [7, 11) is 0. The van der Waals surface area contributed by atoms with Crippen molar-refractivity contribution in [2.24, 2.45) is 5.92 Å². The van der Waals surface area contributed by atoms with Gasteiger partial charge in [0.25, 0.3) is 0 Å². The summed E-state index contributed by atoms with van der Waals surface area (Å²) >= 11 is 0. The Morgan fingerprint density at radius 1 is 1.43 bits per heavy atom. The lowest BCUT2D eigenvalue weighted by Crippen LogP contribution is -2.16. The van der Waals surface area contributed by atoms with Crippen molar-refractivity contribution in [3.63, 3.8) is 0 Å². The summed E-state index contributed by atoms with van der Waals surface area (Å²) < 4.78 is 0. The number of hydrogen-bond donors (Lipinski definition) is 2. The molecule has 1 atom stereocenters. The Bertz CT molecular complexity index is 269. The van der Waals surface area contributed by atoms with Crippen LogP contribution in [0.5, 0.6) is 0 Å². The fourth-order valence-corrected chi connectivity index (χ4v) is 1.36. The van der Waals surface area contributed by atoms with Gasteiger partial charge in [-0.1, -0.05) is 19.1 Å². The summed E-state index contributed by atoms with van der Waals surface area (Å²) in [6.07, 6.45) is 1.01. The van der Waals surface area contributed by atoms with Gasteiger partial charge < -0.3 is 10.4 Å². The molecule has 0 heterocycles. The van der Waals surface area contributed by atoms with E-state index in [1.54, 1.807) is 0 Å². The lowest BCUT2D eigenvalue weighted by Gasteiger charge is -2.13. The molecule has 1 aromatic rings. The summed E-state index contributed by atoms with van der Waals surface area (Å²) in [6.45, 7) is 5.28. The highest BCUT2D eigenvalue weighted by Gasteiger charge is 2.03. The molecule has 2 N–H and O–H groups in total. The molecule has 14 heavy (non-hydrogen) atoms. The molecule has 0 bridgehead atoms. The second kappa shape index (κ2) is 5.66. The third-order valence-corrected chi connectivity index (χ3v) is 2.45. The lowest BCUT2D eigenvalue weighted by molar-refractivity contribution is 0.230. The Balaban J connectivity index is 2.44. The van der Waals surface area contributed by atoms with Crippen molar-refractivity contribution >= 4 is 5.69 Å². The van der Waals surface area contributed by atoms with E-state index in [-0.39, 0.29) is 6.61 Å². The molecular weight excluding hydrogens is 174 g/mol. The number of anilines is 1. The van der Waals surface area contributed by atoms with Crippen LogP contribution >= 0.6 is 0 Å². The van der Waals surface area contributed by atoms with Crippen LogP contribution in [0.25, 0.3) is 0 Å². The molecule has 1 rings (SSSR count). The van der Waals surface area contributed by atoms with Crippen LogP contribution in [0.2, 0.25) is 0 Å². The number of aliphatic hydroxyl groups is 1. The first-order chi connectivity index (χ1) is 6.76. The Kier molecular flexibility index (Phi) is 4.47. The number of aliphatic hydroxyl groups excluding tert-OH is 1. The van der Waals surface area contributed by atoms with Gasteiger partial charge in [0.05, 0.1) is 0 Å². The fourth-order valence-electron chi connectivity index (χ4n) is 1.36. The predicted molar refractivity (Wildman–Crippen MR) is 60.5 cm³/mol. The van der Waals surface area contributed by atoms with E-state index >= 15 is 0 Å². The molecule has 0 aromatic heterocycles. The number of benzene rings is 1. The van der Waals surface area contributed by atoms with Crippen molar-refractivity contribution in [3.05, 3.63) is 29.8 Å². The molecule has 0 aliphatic rings. The highest BCUT2D eigenvalue weighted by Crippen LogP contribution is 2.11.